The van der Waals surface area contributed by atoms with Gasteiger partial charge >= 0.3 is 0 Å². The summed E-state index contributed by atoms with van der Waals surface area (Å²) in [7, 11) is 0. The minimum absolute atomic E-state index is 0.0773. The molecule has 2 N–H and O–H groups in total. The summed E-state index contributed by atoms with van der Waals surface area (Å²) >= 11 is 0. The number of nitrogens with zero attached hydrogens (tertiary/aromatic N) is 2. The van der Waals surface area contributed by atoms with Crippen molar-refractivity contribution in [3.05, 3.63) is 47.7 Å². The van der Waals surface area contributed by atoms with E-state index >= 15 is 0 Å². The van der Waals surface area contributed by atoms with Crippen molar-refractivity contribution in [3.63, 3.8) is 0 Å². The van der Waals surface area contributed by atoms with Crippen molar-refractivity contribution in [2.75, 3.05) is 5.32 Å². The number of rotatable bonds is 5. The highest BCUT2D eigenvalue weighted by Gasteiger charge is 2.09. The van der Waals surface area contributed by atoms with Gasteiger partial charge in [0.15, 0.2) is 11.5 Å². The van der Waals surface area contributed by atoms with Crippen LogP contribution in [-0.4, -0.2) is 22.1 Å². The molecule has 0 unspecified atom stereocenters. The van der Waals surface area contributed by atoms with Gasteiger partial charge in [-0.2, -0.15) is 0 Å². The molecular weight excluding hydrogens is 264 g/mol. The highest BCUT2D eigenvalue weighted by Crippen LogP contribution is 2.19. The fourth-order valence-electron chi connectivity index (χ4n) is 1.94. The molecule has 1 amide bonds. The van der Waals surface area contributed by atoms with Crippen LogP contribution in [-0.2, 0) is 6.42 Å². The second kappa shape index (κ2) is 6.83. The van der Waals surface area contributed by atoms with Crippen LogP contribution in [0.5, 0.6) is 0 Å². The normalized spacial score (nSPS) is 10.5. The first kappa shape index (κ1) is 15.0. The van der Waals surface area contributed by atoms with Crippen LogP contribution in [0.25, 0.3) is 0 Å². The molecule has 0 atom stereocenters. The molecule has 1 aromatic carbocycles. The lowest BCUT2D eigenvalue weighted by Gasteiger charge is -2.10. The van der Waals surface area contributed by atoms with E-state index in [9.17, 15) is 4.79 Å². The molecule has 0 fully saturated rings. The molecule has 0 saturated heterocycles. The number of carbonyl (C=O) groups is 1. The van der Waals surface area contributed by atoms with Gasteiger partial charge in [-0.1, -0.05) is 25.1 Å². The van der Waals surface area contributed by atoms with E-state index in [0.717, 1.165) is 12.1 Å². The smallest absolute Gasteiger partial charge is 0.271 e. The minimum Gasteiger partial charge on any atom is -0.348 e. The lowest BCUT2D eigenvalue weighted by atomic mass is 10.1. The maximum atomic E-state index is 11.8. The van der Waals surface area contributed by atoms with Gasteiger partial charge in [0, 0.05) is 11.7 Å². The van der Waals surface area contributed by atoms with Gasteiger partial charge in [0.05, 0.1) is 0 Å². The van der Waals surface area contributed by atoms with E-state index in [4.69, 9.17) is 0 Å². The SMILES string of the molecule is CCc1ccccc1Nc1ccc(C(=O)NC(C)C)nn1. The zero-order chi connectivity index (χ0) is 15.2. The summed E-state index contributed by atoms with van der Waals surface area (Å²) in [6, 6.07) is 11.6. The Labute approximate surface area is 124 Å². The highest BCUT2D eigenvalue weighted by molar-refractivity contribution is 5.92. The van der Waals surface area contributed by atoms with Gasteiger partial charge in [-0.3, -0.25) is 4.79 Å². The Morgan fingerprint density at radius 3 is 2.52 bits per heavy atom. The molecule has 0 aliphatic carbocycles. The Morgan fingerprint density at radius 2 is 1.90 bits per heavy atom. The Kier molecular flexibility index (Phi) is 4.87. The Hall–Kier alpha value is -2.43. The number of amides is 1. The van der Waals surface area contributed by atoms with Crippen molar-refractivity contribution in [2.45, 2.75) is 33.2 Å². The standard InChI is InChI=1S/C16H20N4O/c1-4-12-7-5-6-8-13(12)18-15-10-9-14(19-20-15)16(21)17-11(2)3/h5-11H,4H2,1-3H3,(H,17,21)(H,18,20). The van der Waals surface area contributed by atoms with Crippen molar-refractivity contribution in [3.8, 4) is 0 Å². The number of nitrogens with one attached hydrogen (secondary N) is 2. The third kappa shape index (κ3) is 4.02. The van der Waals surface area contributed by atoms with Crippen molar-refractivity contribution < 1.29 is 4.79 Å². The maximum Gasteiger partial charge on any atom is 0.271 e. The number of aryl methyl sites for hydroxylation is 1. The number of aromatic nitrogens is 2. The van der Waals surface area contributed by atoms with Gasteiger partial charge in [0.25, 0.3) is 5.91 Å². The highest BCUT2D eigenvalue weighted by atomic mass is 16.1. The molecule has 110 valence electrons. The number of anilines is 2. The van der Waals surface area contributed by atoms with E-state index in [1.807, 2.05) is 32.0 Å². The molecule has 0 bridgehead atoms. The van der Waals surface area contributed by atoms with E-state index in [-0.39, 0.29) is 11.9 Å². The van der Waals surface area contributed by atoms with Crippen LogP contribution in [0.2, 0.25) is 0 Å². The zero-order valence-corrected chi connectivity index (χ0v) is 12.6. The van der Waals surface area contributed by atoms with E-state index in [0.29, 0.717) is 11.5 Å². The first-order chi connectivity index (χ1) is 10.1. The summed E-state index contributed by atoms with van der Waals surface area (Å²) in [5, 5.41) is 14.0. The van der Waals surface area contributed by atoms with Crippen LogP contribution in [0.15, 0.2) is 36.4 Å². The predicted octanol–water partition coefficient (Wildman–Crippen LogP) is 2.92. The zero-order valence-electron chi connectivity index (χ0n) is 12.6. The molecule has 0 saturated carbocycles. The van der Waals surface area contributed by atoms with Gasteiger partial charge in [-0.25, -0.2) is 0 Å². The molecule has 5 heteroatoms. The fraction of sp³-hybridized carbons (Fsp3) is 0.312. The van der Waals surface area contributed by atoms with Crippen molar-refractivity contribution in [1.29, 1.82) is 0 Å². The molecule has 0 spiro atoms. The number of benzene rings is 1. The van der Waals surface area contributed by atoms with Gasteiger partial charge in [0.2, 0.25) is 0 Å². The van der Waals surface area contributed by atoms with Crippen molar-refractivity contribution in [1.82, 2.24) is 15.5 Å². The minimum atomic E-state index is -0.210. The van der Waals surface area contributed by atoms with Crippen LogP contribution < -0.4 is 10.6 Å². The van der Waals surface area contributed by atoms with Gasteiger partial charge in [-0.15, -0.1) is 10.2 Å². The molecule has 1 heterocycles. The van der Waals surface area contributed by atoms with Crippen LogP contribution in [0.3, 0.4) is 0 Å². The van der Waals surface area contributed by atoms with E-state index in [1.54, 1.807) is 12.1 Å². The first-order valence-electron chi connectivity index (χ1n) is 7.09. The molecule has 5 nitrogen and oxygen atoms in total. The molecular formula is C16H20N4O. The average molecular weight is 284 g/mol. The molecule has 2 rings (SSSR count). The largest absolute Gasteiger partial charge is 0.348 e. The quantitative estimate of drug-likeness (QED) is 0.886. The molecule has 1 aromatic heterocycles. The summed E-state index contributed by atoms with van der Waals surface area (Å²) in [6.45, 7) is 5.91. The summed E-state index contributed by atoms with van der Waals surface area (Å²) in [5.41, 5.74) is 2.53. The average Bonchev–Trinajstić information content (AvgIpc) is 2.48. The third-order valence-corrected chi connectivity index (χ3v) is 2.98. The topological polar surface area (TPSA) is 66.9 Å². The van der Waals surface area contributed by atoms with Crippen LogP contribution in [0, 0.1) is 0 Å². The Balaban J connectivity index is 2.11. The molecule has 0 radical (unpaired) electrons. The number of hydrogen-bond donors (Lipinski definition) is 2. The van der Waals surface area contributed by atoms with Gasteiger partial charge in [-0.05, 0) is 44.0 Å². The molecule has 0 aliphatic rings. The first-order valence-corrected chi connectivity index (χ1v) is 7.09. The predicted molar refractivity (Wildman–Crippen MR) is 83.7 cm³/mol. The van der Waals surface area contributed by atoms with E-state index in [2.05, 4.69) is 33.8 Å². The molecule has 2 aromatic rings. The van der Waals surface area contributed by atoms with Crippen LogP contribution in [0.4, 0.5) is 11.5 Å². The van der Waals surface area contributed by atoms with Gasteiger partial charge in [0.1, 0.15) is 0 Å². The second-order valence-electron chi connectivity index (χ2n) is 5.07. The summed E-state index contributed by atoms with van der Waals surface area (Å²) in [4.78, 5) is 11.8. The van der Waals surface area contributed by atoms with Crippen LogP contribution >= 0.6 is 0 Å². The third-order valence-electron chi connectivity index (χ3n) is 2.98. The number of hydrogen-bond acceptors (Lipinski definition) is 4. The summed E-state index contributed by atoms with van der Waals surface area (Å²) in [6.07, 6.45) is 0.936. The fourth-order valence-corrected chi connectivity index (χ4v) is 1.94. The lowest BCUT2D eigenvalue weighted by Crippen LogP contribution is -2.30. The molecule has 21 heavy (non-hydrogen) atoms. The monoisotopic (exact) mass is 284 g/mol. The number of carbonyl (C=O) groups excluding carboxylic acids is 1. The molecule has 0 aliphatic heterocycles. The van der Waals surface area contributed by atoms with Gasteiger partial charge < -0.3 is 10.6 Å². The van der Waals surface area contributed by atoms with E-state index in [1.165, 1.54) is 5.56 Å². The van der Waals surface area contributed by atoms with Crippen molar-refractivity contribution in [2.24, 2.45) is 0 Å². The van der Waals surface area contributed by atoms with Crippen LogP contribution in [0.1, 0.15) is 36.8 Å². The second-order valence-corrected chi connectivity index (χ2v) is 5.07. The van der Waals surface area contributed by atoms with Crippen molar-refractivity contribution >= 4 is 17.4 Å². The Morgan fingerprint density at radius 1 is 1.14 bits per heavy atom. The number of para-hydroxylation sites is 1. The lowest BCUT2D eigenvalue weighted by molar-refractivity contribution is 0.0937. The Bertz CT molecular complexity index is 608. The van der Waals surface area contributed by atoms with E-state index < -0.39 is 0 Å². The summed E-state index contributed by atoms with van der Waals surface area (Å²) < 4.78 is 0. The summed E-state index contributed by atoms with van der Waals surface area (Å²) in [5.74, 6) is 0.412. The maximum absolute atomic E-state index is 11.8.